The molecule has 1 heteroatoms. The first kappa shape index (κ1) is 10.3. The maximum Gasteiger partial charge on any atom is 0.00778 e. The molecule has 2 saturated carbocycles. The first-order valence-electron chi connectivity index (χ1n) is 6.68. The Balaban J connectivity index is 1.78. The van der Waals surface area contributed by atoms with Crippen molar-refractivity contribution in [2.45, 2.75) is 50.0 Å². The maximum atomic E-state index is 3.74. The van der Waals surface area contributed by atoms with Gasteiger partial charge in [-0.15, -0.1) is 0 Å². The van der Waals surface area contributed by atoms with E-state index >= 15 is 0 Å². The van der Waals surface area contributed by atoms with Crippen molar-refractivity contribution in [3.63, 3.8) is 0 Å². The van der Waals surface area contributed by atoms with Crippen LogP contribution in [0.25, 0.3) is 0 Å². The molecule has 0 aliphatic heterocycles. The van der Waals surface area contributed by atoms with Crippen LogP contribution in [-0.4, -0.2) is 12.6 Å². The zero-order valence-corrected chi connectivity index (χ0v) is 9.91. The van der Waals surface area contributed by atoms with E-state index in [0.717, 1.165) is 6.04 Å². The molecule has 2 fully saturated rings. The van der Waals surface area contributed by atoms with E-state index in [1.165, 1.54) is 45.1 Å². The Labute approximate surface area is 98.3 Å². The predicted octanol–water partition coefficient (Wildman–Crippen LogP) is 3.25. The van der Waals surface area contributed by atoms with Crippen LogP contribution in [0, 0.1) is 0 Å². The third kappa shape index (κ3) is 2.01. The number of nitrogens with one attached hydrogen (secondary N) is 1. The van der Waals surface area contributed by atoms with Crippen molar-refractivity contribution in [2.24, 2.45) is 0 Å². The first-order chi connectivity index (χ1) is 7.89. The zero-order valence-electron chi connectivity index (χ0n) is 9.91. The van der Waals surface area contributed by atoms with Crippen LogP contribution in [0.5, 0.6) is 0 Å². The third-order valence-corrected chi connectivity index (χ3v) is 4.25. The Morgan fingerprint density at radius 1 is 1.06 bits per heavy atom. The zero-order chi connectivity index (χ0) is 10.8. The Morgan fingerprint density at radius 3 is 2.38 bits per heavy atom. The molecule has 1 nitrogen and oxygen atoms in total. The van der Waals surface area contributed by atoms with E-state index in [-0.39, 0.29) is 0 Å². The van der Waals surface area contributed by atoms with Crippen LogP contribution in [0.1, 0.15) is 44.1 Å². The highest BCUT2D eigenvalue weighted by molar-refractivity contribution is 5.27. The van der Waals surface area contributed by atoms with Gasteiger partial charge in [0.25, 0.3) is 0 Å². The van der Waals surface area contributed by atoms with Gasteiger partial charge in [-0.3, -0.25) is 0 Å². The number of benzene rings is 1. The molecule has 2 aliphatic carbocycles. The van der Waals surface area contributed by atoms with Gasteiger partial charge in [0, 0.05) is 18.0 Å². The Hall–Kier alpha value is -0.820. The van der Waals surface area contributed by atoms with Crippen molar-refractivity contribution < 1.29 is 0 Å². The van der Waals surface area contributed by atoms with Crippen LogP contribution in [-0.2, 0) is 5.41 Å². The van der Waals surface area contributed by atoms with Gasteiger partial charge in [0.15, 0.2) is 0 Å². The summed E-state index contributed by atoms with van der Waals surface area (Å²) in [6.07, 6.45) is 8.34. The second-order valence-corrected chi connectivity index (χ2v) is 5.51. The SMILES string of the molecule is c1ccc(C2(CNC3CC3)CCCC2)cc1. The van der Waals surface area contributed by atoms with E-state index in [1.54, 1.807) is 5.56 Å². The van der Waals surface area contributed by atoms with Crippen LogP contribution in [0.2, 0.25) is 0 Å². The number of rotatable bonds is 4. The Morgan fingerprint density at radius 2 is 1.75 bits per heavy atom. The summed E-state index contributed by atoms with van der Waals surface area (Å²) >= 11 is 0. The summed E-state index contributed by atoms with van der Waals surface area (Å²) in [5, 5.41) is 3.74. The van der Waals surface area contributed by atoms with Crippen LogP contribution >= 0.6 is 0 Å². The molecule has 0 radical (unpaired) electrons. The lowest BCUT2D eigenvalue weighted by molar-refractivity contribution is 0.403. The summed E-state index contributed by atoms with van der Waals surface area (Å²) in [4.78, 5) is 0. The molecule has 1 N–H and O–H groups in total. The third-order valence-electron chi connectivity index (χ3n) is 4.25. The van der Waals surface area contributed by atoms with E-state index in [4.69, 9.17) is 0 Å². The molecule has 1 aromatic rings. The maximum absolute atomic E-state index is 3.74. The van der Waals surface area contributed by atoms with Gasteiger partial charge in [-0.05, 0) is 31.2 Å². The average molecular weight is 215 g/mol. The van der Waals surface area contributed by atoms with Crippen molar-refractivity contribution in [2.75, 3.05) is 6.54 Å². The van der Waals surface area contributed by atoms with E-state index in [9.17, 15) is 0 Å². The lowest BCUT2D eigenvalue weighted by Gasteiger charge is -2.30. The van der Waals surface area contributed by atoms with Crippen LogP contribution in [0.3, 0.4) is 0 Å². The van der Waals surface area contributed by atoms with Gasteiger partial charge in [0.05, 0.1) is 0 Å². The minimum absolute atomic E-state index is 0.448. The van der Waals surface area contributed by atoms with Crippen molar-refractivity contribution in [3.8, 4) is 0 Å². The molecule has 1 aromatic carbocycles. The molecule has 0 atom stereocenters. The second kappa shape index (κ2) is 4.21. The van der Waals surface area contributed by atoms with Crippen LogP contribution in [0.4, 0.5) is 0 Å². The topological polar surface area (TPSA) is 12.0 Å². The van der Waals surface area contributed by atoms with Crippen molar-refractivity contribution in [3.05, 3.63) is 35.9 Å². The molecule has 0 spiro atoms. The fourth-order valence-electron chi connectivity index (χ4n) is 3.04. The van der Waals surface area contributed by atoms with E-state index in [2.05, 4.69) is 35.6 Å². The smallest absolute Gasteiger partial charge is 0.00778 e. The van der Waals surface area contributed by atoms with Crippen molar-refractivity contribution in [1.82, 2.24) is 5.32 Å². The highest BCUT2D eigenvalue weighted by Gasteiger charge is 2.36. The number of hydrogen-bond donors (Lipinski definition) is 1. The summed E-state index contributed by atoms with van der Waals surface area (Å²) < 4.78 is 0. The fraction of sp³-hybridized carbons (Fsp3) is 0.600. The summed E-state index contributed by atoms with van der Waals surface area (Å²) in [6, 6.07) is 12.0. The highest BCUT2D eigenvalue weighted by Crippen LogP contribution is 2.41. The van der Waals surface area contributed by atoms with Crippen LogP contribution in [0.15, 0.2) is 30.3 Å². The van der Waals surface area contributed by atoms with Gasteiger partial charge in [0.1, 0.15) is 0 Å². The van der Waals surface area contributed by atoms with Gasteiger partial charge in [-0.25, -0.2) is 0 Å². The van der Waals surface area contributed by atoms with Gasteiger partial charge >= 0.3 is 0 Å². The number of hydrogen-bond acceptors (Lipinski definition) is 1. The molecule has 3 rings (SSSR count). The molecular weight excluding hydrogens is 194 g/mol. The Bertz CT molecular complexity index is 334. The summed E-state index contributed by atoms with van der Waals surface area (Å²) in [7, 11) is 0. The normalized spacial score (nSPS) is 23.5. The van der Waals surface area contributed by atoms with Gasteiger partial charge in [-0.2, -0.15) is 0 Å². The van der Waals surface area contributed by atoms with Gasteiger partial charge < -0.3 is 5.32 Å². The summed E-state index contributed by atoms with van der Waals surface area (Å²) in [6.45, 7) is 1.20. The van der Waals surface area contributed by atoms with E-state index < -0.39 is 0 Å². The molecule has 86 valence electrons. The van der Waals surface area contributed by atoms with Crippen molar-refractivity contribution in [1.29, 1.82) is 0 Å². The predicted molar refractivity (Wildman–Crippen MR) is 67.6 cm³/mol. The molecule has 0 saturated heterocycles. The van der Waals surface area contributed by atoms with Crippen molar-refractivity contribution >= 4 is 0 Å². The molecule has 0 amide bonds. The molecule has 0 heterocycles. The monoisotopic (exact) mass is 215 g/mol. The second-order valence-electron chi connectivity index (χ2n) is 5.51. The summed E-state index contributed by atoms with van der Waals surface area (Å²) in [5.74, 6) is 0. The van der Waals surface area contributed by atoms with Gasteiger partial charge in [-0.1, -0.05) is 43.2 Å². The molecule has 16 heavy (non-hydrogen) atoms. The quantitative estimate of drug-likeness (QED) is 0.813. The minimum Gasteiger partial charge on any atom is -0.313 e. The lowest BCUT2D eigenvalue weighted by Crippen LogP contribution is -2.36. The molecule has 2 aliphatic rings. The van der Waals surface area contributed by atoms with Gasteiger partial charge in [0.2, 0.25) is 0 Å². The molecule has 0 aromatic heterocycles. The standard InChI is InChI=1S/C15H21N/c1-2-6-13(7-3-1)15(10-4-5-11-15)12-16-14-8-9-14/h1-3,6-7,14,16H,4-5,8-12H2. The molecule has 0 unspecified atom stereocenters. The lowest BCUT2D eigenvalue weighted by atomic mass is 9.79. The molecular formula is C15H21N. The van der Waals surface area contributed by atoms with E-state index in [0.29, 0.717) is 5.41 Å². The Kier molecular flexibility index (Phi) is 2.72. The molecule has 0 bridgehead atoms. The summed E-state index contributed by atoms with van der Waals surface area (Å²) in [5.41, 5.74) is 2.00. The average Bonchev–Trinajstić information content (AvgIpc) is 3.06. The van der Waals surface area contributed by atoms with E-state index in [1.807, 2.05) is 0 Å². The fourth-order valence-corrected chi connectivity index (χ4v) is 3.04. The largest absolute Gasteiger partial charge is 0.313 e. The van der Waals surface area contributed by atoms with Crippen LogP contribution < -0.4 is 5.32 Å². The first-order valence-corrected chi connectivity index (χ1v) is 6.68. The highest BCUT2D eigenvalue weighted by atomic mass is 15.0. The minimum atomic E-state index is 0.448.